The molecule has 62 valence electrons. The molecule has 0 aliphatic carbocycles. The van der Waals surface area contributed by atoms with Gasteiger partial charge < -0.3 is 0 Å². The fraction of sp³-hybridized carbons (Fsp3) is 0.286. The lowest BCUT2D eigenvalue weighted by Gasteiger charge is -1.96. The van der Waals surface area contributed by atoms with E-state index in [0.29, 0.717) is 5.15 Å². The summed E-state index contributed by atoms with van der Waals surface area (Å²) in [5.74, 6) is 0. The number of aryl methyl sites for hydroxylation is 2. The van der Waals surface area contributed by atoms with Crippen LogP contribution in [0.4, 0.5) is 0 Å². The molecule has 2 aromatic heterocycles. The maximum Gasteiger partial charge on any atom is 0.177 e. The molecule has 0 N–H and O–H groups in total. The van der Waals surface area contributed by atoms with Crippen molar-refractivity contribution in [1.29, 1.82) is 0 Å². The Morgan fingerprint density at radius 3 is 2.83 bits per heavy atom. The quantitative estimate of drug-likeness (QED) is 0.617. The molecule has 0 aliphatic heterocycles. The van der Waals surface area contributed by atoms with Crippen LogP contribution < -0.4 is 0 Å². The summed E-state index contributed by atoms with van der Waals surface area (Å²) in [6.45, 7) is 1.88. The van der Waals surface area contributed by atoms with Crippen LogP contribution in [-0.4, -0.2) is 20.0 Å². The van der Waals surface area contributed by atoms with E-state index in [1.54, 1.807) is 10.9 Å². The Kier molecular flexibility index (Phi) is 1.51. The molecular weight excluding hydrogens is 176 g/mol. The summed E-state index contributed by atoms with van der Waals surface area (Å²) in [4.78, 5) is 0. The minimum Gasteiger partial charge on any atom is -0.265 e. The van der Waals surface area contributed by atoms with Gasteiger partial charge in [0.25, 0.3) is 0 Å². The van der Waals surface area contributed by atoms with Crippen molar-refractivity contribution in [2.24, 2.45) is 7.05 Å². The third kappa shape index (κ3) is 0.881. The zero-order valence-corrected chi connectivity index (χ0v) is 7.50. The summed E-state index contributed by atoms with van der Waals surface area (Å²) in [5, 5.41) is 13.1. The molecule has 0 unspecified atom stereocenters. The van der Waals surface area contributed by atoms with Crippen molar-refractivity contribution in [2.45, 2.75) is 6.92 Å². The lowest BCUT2D eigenvalue weighted by Crippen LogP contribution is -1.93. The predicted octanol–water partition coefficient (Wildman–Crippen LogP) is 1.33. The highest BCUT2D eigenvalue weighted by Crippen LogP contribution is 2.20. The van der Waals surface area contributed by atoms with E-state index in [1.165, 1.54) is 0 Å². The van der Waals surface area contributed by atoms with Crippen molar-refractivity contribution in [3.05, 3.63) is 17.0 Å². The molecule has 2 rings (SSSR count). The highest BCUT2D eigenvalue weighted by atomic mass is 35.5. The molecule has 5 heteroatoms. The Hall–Kier alpha value is -1.16. The van der Waals surface area contributed by atoms with Crippen LogP contribution in [0.3, 0.4) is 0 Å². The monoisotopic (exact) mass is 182 g/mol. The molecule has 2 heterocycles. The highest BCUT2D eigenvalue weighted by Gasteiger charge is 2.08. The predicted molar refractivity (Wildman–Crippen MR) is 46.1 cm³/mol. The average molecular weight is 183 g/mol. The van der Waals surface area contributed by atoms with Crippen LogP contribution in [-0.2, 0) is 7.05 Å². The van der Waals surface area contributed by atoms with Gasteiger partial charge in [-0.2, -0.15) is 10.2 Å². The smallest absolute Gasteiger partial charge is 0.177 e. The molecule has 0 fully saturated rings. The van der Waals surface area contributed by atoms with Gasteiger partial charge in [-0.3, -0.25) is 4.68 Å². The topological polar surface area (TPSA) is 43.6 Å². The van der Waals surface area contributed by atoms with Crippen molar-refractivity contribution >= 4 is 22.5 Å². The minimum absolute atomic E-state index is 0.399. The molecule has 0 amide bonds. The van der Waals surface area contributed by atoms with E-state index < -0.39 is 0 Å². The lowest BCUT2D eigenvalue weighted by molar-refractivity contribution is 0.793. The second-order valence-electron chi connectivity index (χ2n) is 2.61. The average Bonchev–Trinajstić information content (AvgIpc) is 2.42. The number of hydrogen-bond acceptors (Lipinski definition) is 3. The Morgan fingerprint density at radius 2 is 2.17 bits per heavy atom. The van der Waals surface area contributed by atoms with Gasteiger partial charge in [0, 0.05) is 12.4 Å². The molecule has 0 bridgehead atoms. The second kappa shape index (κ2) is 2.42. The third-order valence-corrected chi connectivity index (χ3v) is 2.07. The van der Waals surface area contributed by atoms with Crippen molar-refractivity contribution in [1.82, 2.24) is 20.0 Å². The van der Waals surface area contributed by atoms with Crippen LogP contribution in [0.2, 0.25) is 5.15 Å². The minimum atomic E-state index is 0.399. The largest absolute Gasteiger partial charge is 0.265 e. The summed E-state index contributed by atoms with van der Waals surface area (Å²) in [6, 6.07) is 0. The highest BCUT2D eigenvalue weighted by molar-refractivity contribution is 6.33. The fourth-order valence-corrected chi connectivity index (χ4v) is 1.43. The summed E-state index contributed by atoms with van der Waals surface area (Å²) >= 11 is 5.84. The van der Waals surface area contributed by atoms with E-state index in [-0.39, 0.29) is 0 Å². The second-order valence-corrected chi connectivity index (χ2v) is 2.96. The van der Waals surface area contributed by atoms with E-state index in [9.17, 15) is 0 Å². The Labute approximate surface area is 74.2 Å². The standard InChI is InChI=1S/C7H7ClN4/c1-4-5-3-9-12(2)6(5)7(8)11-10-4/h3H,1-2H3. The normalized spacial score (nSPS) is 10.9. The van der Waals surface area contributed by atoms with E-state index in [1.807, 2.05) is 14.0 Å². The van der Waals surface area contributed by atoms with Gasteiger partial charge in [-0.25, -0.2) is 0 Å². The Bertz CT molecular complexity index is 434. The van der Waals surface area contributed by atoms with Crippen molar-refractivity contribution in [3.63, 3.8) is 0 Å². The lowest BCUT2D eigenvalue weighted by atomic mass is 10.3. The molecule has 0 aromatic carbocycles. The first kappa shape index (κ1) is 7.49. The van der Waals surface area contributed by atoms with Gasteiger partial charge in [-0.05, 0) is 6.92 Å². The summed E-state index contributed by atoms with van der Waals surface area (Å²) in [5.41, 5.74) is 1.69. The van der Waals surface area contributed by atoms with Gasteiger partial charge in [0.1, 0.15) is 5.52 Å². The molecule has 0 aliphatic rings. The van der Waals surface area contributed by atoms with Crippen molar-refractivity contribution < 1.29 is 0 Å². The number of rotatable bonds is 0. The van der Waals surface area contributed by atoms with E-state index in [4.69, 9.17) is 11.6 Å². The summed E-state index contributed by atoms with van der Waals surface area (Å²) in [6.07, 6.45) is 1.74. The van der Waals surface area contributed by atoms with Gasteiger partial charge in [0.15, 0.2) is 5.15 Å². The molecule has 12 heavy (non-hydrogen) atoms. The van der Waals surface area contributed by atoms with Crippen LogP contribution in [0.5, 0.6) is 0 Å². The number of hydrogen-bond donors (Lipinski definition) is 0. The first-order valence-corrected chi connectivity index (χ1v) is 3.88. The van der Waals surface area contributed by atoms with Gasteiger partial charge >= 0.3 is 0 Å². The van der Waals surface area contributed by atoms with Crippen LogP contribution in [0.25, 0.3) is 10.9 Å². The number of nitrogens with zero attached hydrogens (tertiary/aromatic N) is 4. The van der Waals surface area contributed by atoms with Gasteiger partial charge in [0.05, 0.1) is 11.9 Å². The number of fused-ring (bicyclic) bond motifs is 1. The molecule has 0 atom stereocenters. The van der Waals surface area contributed by atoms with Crippen LogP contribution in [0.15, 0.2) is 6.20 Å². The third-order valence-electron chi connectivity index (χ3n) is 1.81. The van der Waals surface area contributed by atoms with Crippen LogP contribution >= 0.6 is 11.6 Å². The fourth-order valence-electron chi connectivity index (χ4n) is 1.17. The zero-order chi connectivity index (χ0) is 8.72. The van der Waals surface area contributed by atoms with E-state index in [2.05, 4.69) is 15.3 Å². The molecular formula is C7H7ClN4. The summed E-state index contributed by atoms with van der Waals surface area (Å²) in [7, 11) is 1.83. The molecule has 4 nitrogen and oxygen atoms in total. The Balaban J connectivity index is 2.98. The van der Waals surface area contributed by atoms with E-state index in [0.717, 1.165) is 16.6 Å². The van der Waals surface area contributed by atoms with Crippen molar-refractivity contribution in [3.8, 4) is 0 Å². The van der Waals surface area contributed by atoms with Gasteiger partial charge in [0.2, 0.25) is 0 Å². The SMILES string of the molecule is Cc1nnc(Cl)c2c1cnn2C. The van der Waals surface area contributed by atoms with Gasteiger partial charge in [-0.15, -0.1) is 5.10 Å². The first-order valence-electron chi connectivity index (χ1n) is 3.50. The van der Waals surface area contributed by atoms with Gasteiger partial charge in [-0.1, -0.05) is 11.6 Å². The molecule has 2 aromatic rings. The zero-order valence-electron chi connectivity index (χ0n) is 6.74. The maximum absolute atomic E-state index is 5.84. The maximum atomic E-state index is 5.84. The molecule has 0 saturated carbocycles. The van der Waals surface area contributed by atoms with E-state index >= 15 is 0 Å². The Morgan fingerprint density at radius 1 is 1.42 bits per heavy atom. The van der Waals surface area contributed by atoms with Crippen molar-refractivity contribution in [2.75, 3.05) is 0 Å². The molecule has 0 radical (unpaired) electrons. The van der Waals surface area contributed by atoms with Crippen LogP contribution in [0.1, 0.15) is 5.69 Å². The number of halogens is 1. The summed E-state index contributed by atoms with van der Waals surface area (Å²) < 4.78 is 1.69. The first-order chi connectivity index (χ1) is 5.70. The molecule has 0 saturated heterocycles. The molecule has 0 spiro atoms. The number of aromatic nitrogens is 4. The van der Waals surface area contributed by atoms with Crippen LogP contribution in [0, 0.1) is 6.92 Å².